The summed E-state index contributed by atoms with van der Waals surface area (Å²) in [5.74, 6) is 2.44. The van der Waals surface area contributed by atoms with E-state index in [-0.39, 0.29) is 4.90 Å². The molecule has 1 N–H and O–H groups in total. The molecule has 7 heteroatoms. The van der Waals surface area contributed by atoms with Crippen LogP contribution in [-0.4, -0.2) is 39.6 Å². The summed E-state index contributed by atoms with van der Waals surface area (Å²) < 4.78 is 33.5. The highest BCUT2D eigenvalue weighted by Gasteiger charge is 2.22. The number of piperidine rings is 1. The van der Waals surface area contributed by atoms with Gasteiger partial charge in [-0.05, 0) is 61.1 Å². The van der Waals surface area contributed by atoms with Gasteiger partial charge in [0.2, 0.25) is 10.0 Å². The molecule has 0 bridgehead atoms. The Morgan fingerprint density at radius 3 is 2.46 bits per heavy atom. The Morgan fingerprint density at radius 1 is 1.14 bits per heavy atom. The molecule has 0 radical (unpaired) electrons. The maximum atomic E-state index is 12.6. The largest absolute Gasteiger partial charge is 0.493 e. The van der Waals surface area contributed by atoms with Crippen molar-refractivity contribution in [1.82, 2.24) is 9.71 Å². The predicted molar refractivity (Wildman–Crippen MR) is 111 cm³/mol. The molecule has 1 fully saturated rings. The second-order valence-electron chi connectivity index (χ2n) is 7.65. The molecule has 1 aromatic heterocycles. The van der Waals surface area contributed by atoms with Gasteiger partial charge in [0.15, 0.2) is 0 Å². The molecule has 2 heterocycles. The SMILES string of the molecule is CC(C)COc1ccc(S(=O)(=O)NCC2CCN(c3ccccn3)CC2)cc1. The Morgan fingerprint density at radius 2 is 1.86 bits per heavy atom. The van der Waals surface area contributed by atoms with Crippen LogP contribution in [0, 0.1) is 11.8 Å². The van der Waals surface area contributed by atoms with Crippen molar-refractivity contribution in [3.8, 4) is 5.75 Å². The van der Waals surface area contributed by atoms with Crippen LogP contribution in [0.4, 0.5) is 5.82 Å². The van der Waals surface area contributed by atoms with Crippen LogP contribution in [0.3, 0.4) is 0 Å². The van der Waals surface area contributed by atoms with Gasteiger partial charge >= 0.3 is 0 Å². The second-order valence-corrected chi connectivity index (χ2v) is 9.41. The molecule has 6 nitrogen and oxygen atoms in total. The van der Waals surface area contributed by atoms with Crippen molar-refractivity contribution in [2.24, 2.45) is 11.8 Å². The lowest BCUT2D eigenvalue weighted by Crippen LogP contribution is -2.39. The Labute approximate surface area is 168 Å². The monoisotopic (exact) mass is 403 g/mol. The number of pyridine rings is 1. The van der Waals surface area contributed by atoms with Crippen LogP contribution in [0.15, 0.2) is 53.6 Å². The van der Waals surface area contributed by atoms with E-state index >= 15 is 0 Å². The van der Waals surface area contributed by atoms with Crippen LogP contribution in [0.2, 0.25) is 0 Å². The standard InChI is InChI=1S/C21H29N3O3S/c1-17(2)16-27-19-6-8-20(9-7-19)28(25,26)23-15-18-10-13-24(14-11-18)21-5-3-4-12-22-21/h3-9,12,17-18,23H,10-11,13-16H2,1-2H3. The summed E-state index contributed by atoms with van der Waals surface area (Å²) in [4.78, 5) is 6.91. The number of aromatic nitrogens is 1. The van der Waals surface area contributed by atoms with Gasteiger partial charge in [0, 0.05) is 25.8 Å². The summed E-state index contributed by atoms with van der Waals surface area (Å²) in [6.45, 7) is 7.01. The number of rotatable bonds is 8. The molecule has 3 rings (SSSR count). The molecule has 28 heavy (non-hydrogen) atoms. The van der Waals surface area contributed by atoms with Crippen LogP contribution >= 0.6 is 0 Å². The number of hydrogen-bond acceptors (Lipinski definition) is 5. The average molecular weight is 404 g/mol. The first-order chi connectivity index (χ1) is 13.4. The molecular formula is C21H29N3O3S. The molecule has 1 aliphatic heterocycles. The zero-order valence-electron chi connectivity index (χ0n) is 16.5. The van der Waals surface area contributed by atoms with E-state index in [4.69, 9.17) is 4.74 Å². The van der Waals surface area contributed by atoms with E-state index in [9.17, 15) is 8.42 Å². The van der Waals surface area contributed by atoms with Crippen molar-refractivity contribution < 1.29 is 13.2 Å². The van der Waals surface area contributed by atoms with Crippen molar-refractivity contribution >= 4 is 15.8 Å². The molecule has 0 amide bonds. The molecule has 0 aliphatic carbocycles. The number of nitrogens with zero attached hydrogens (tertiary/aromatic N) is 2. The van der Waals surface area contributed by atoms with Crippen LogP contribution in [0.1, 0.15) is 26.7 Å². The van der Waals surface area contributed by atoms with Gasteiger partial charge in [0.25, 0.3) is 0 Å². The van der Waals surface area contributed by atoms with E-state index < -0.39 is 10.0 Å². The van der Waals surface area contributed by atoms with Crippen molar-refractivity contribution in [3.63, 3.8) is 0 Å². The fourth-order valence-corrected chi connectivity index (χ4v) is 4.31. The Kier molecular flexibility index (Phi) is 6.91. The van der Waals surface area contributed by atoms with Gasteiger partial charge in [-0.2, -0.15) is 0 Å². The minimum absolute atomic E-state index is 0.273. The molecule has 152 valence electrons. The lowest BCUT2D eigenvalue weighted by Gasteiger charge is -2.32. The van der Waals surface area contributed by atoms with Crippen LogP contribution in [0.5, 0.6) is 5.75 Å². The number of benzene rings is 1. The number of sulfonamides is 1. The fourth-order valence-electron chi connectivity index (χ4n) is 3.20. The molecule has 2 aromatic rings. The average Bonchev–Trinajstić information content (AvgIpc) is 2.72. The molecular weight excluding hydrogens is 374 g/mol. The van der Waals surface area contributed by atoms with Gasteiger partial charge in [-0.25, -0.2) is 18.1 Å². The molecule has 1 saturated heterocycles. The van der Waals surface area contributed by atoms with E-state index in [1.807, 2.05) is 18.2 Å². The first-order valence-electron chi connectivity index (χ1n) is 9.82. The van der Waals surface area contributed by atoms with Gasteiger partial charge in [-0.15, -0.1) is 0 Å². The molecule has 1 aromatic carbocycles. The van der Waals surface area contributed by atoms with E-state index in [1.165, 1.54) is 0 Å². The minimum atomic E-state index is -3.50. The lowest BCUT2D eigenvalue weighted by atomic mass is 9.97. The summed E-state index contributed by atoms with van der Waals surface area (Å²) in [6, 6.07) is 12.5. The summed E-state index contributed by atoms with van der Waals surface area (Å²) >= 11 is 0. The van der Waals surface area contributed by atoms with E-state index in [1.54, 1.807) is 30.5 Å². The van der Waals surface area contributed by atoms with Crippen molar-refractivity contribution in [3.05, 3.63) is 48.7 Å². The first kappa shape index (κ1) is 20.6. The maximum absolute atomic E-state index is 12.6. The van der Waals surface area contributed by atoms with Gasteiger partial charge in [-0.1, -0.05) is 19.9 Å². The van der Waals surface area contributed by atoms with Crippen molar-refractivity contribution in [1.29, 1.82) is 0 Å². The lowest BCUT2D eigenvalue weighted by molar-refractivity contribution is 0.271. The minimum Gasteiger partial charge on any atom is -0.493 e. The number of nitrogens with one attached hydrogen (secondary N) is 1. The predicted octanol–water partition coefficient (Wildman–Crippen LogP) is 3.31. The van der Waals surface area contributed by atoms with E-state index in [0.717, 1.165) is 31.7 Å². The highest BCUT2D eigenvalue weighted by atomic mass is 32.2. The Balaban J connectivity index is 1.49. The summed E-state index contributed by atoms with van der Waals surface area (Å²) in [6.07, 6.45) is 3.69. The quantitative estimate of drug-likeness (QED) is 0.732. The number of hydrogen-bond donors (Lipinski definition) is 1. The zero-order valence-corrected chi connectivity index (χ0v) is 17.4. The Hall–Kier alpha value is -2.12. The highest BCUT2D eigenvalue weighted by Crippen LogP contribution is 2.22. The molecule has 0 spiro atoms. The van der Waals surface area contributed by atoms with Crippen LogP contribution in [0.25, 0.3) is 0 Å². The molecule has 0 saturated carbocycles. The highest BCUT2D eigenvalue weighted by molar-refractivity contribution is 7.89. The maximum Gasteiger partial charge on any atom is 0.240 e. The first-order valence-corrected chi connectivity index (χ1v) is 11.3. The molecule has 0 atom stereocenters. The molecule has 1 aliphatic rings. The third-order valence-corrected chi connectivity index (χ3v) is 6.31. The number of ether oxygens (including phenoxy) is 1. The van der Waals surface area contributed by atoms with Gasteiger partial charge in [0.1, 0.15) is 11.6 Å². The van der Waals surface area contributed by atoms with E-state index in [2.05, 4.69) is 28.5 Å². The summed E-state index contributed by atoms with van der Waals surface area (Å²) in [5, 5.41) is 0. The van der Waals surface area contributed by atoms with Crippen LogP contribution < -0.4 is 14.4 Å². The third-order valence-electron chi connectivity index (χ3n) is 4.87. The Bertz CT molecular complexity index is 831. The smallest absolute Gasteiger partial charge is 0.240 e. The van der Waals surface area contributed by atoms with Gasteiger partial charge in [-0.3, -0.25) is 0 Å². The van der Waals surface area contributed by atoms with Gasteiger partial charge < -0.3 is 9.64 Å². The topological polar surface area (TPSA) is 71.5 Å². The fraction of sp³-hybridized carbons (Fsp3) is 0.476. The summed E-state index contributed by atoms with van der Waals surface area (Å²) in [5.41, 5.74) is 0. The van der Waals surface area contributed by atoms with Crippen LogP contribution in [-0.2, 0) is 10.0 Å². The molecule has 0 unspecified atom stereocenters. The van der Waals surface area contributed by atoms with Crippen molar-refractivity contribution in [2.45, 2.75) is 31.6 Å². The number of anilines is 1. The zero-order chi connectivity index (χ0) is 20.0. The normalized spacial score (nSPS) is 15.8. The van der Waals surface area contributed by atoms with Gasteiger partial charge in [0.05, 0.1) is 11.5 Å². The van der Waals surface area contributed by atoms with Crippen molar-refractivity contribution in [2.75, 3.05) is 31.1 Å². The summed E-state index contributed by atoms with van der Waals surface area (Å²) in [7, 11) is -3.50. The van der Waals surface area contributed by atoms with E-state index in [0.29, 0.717) is 30.7 Å². The second kappa shape index (κ2) is 9.39. The third kappa shape index (κ3) is 5.69.